The molecule has 3 heterocycles. The van der Waals surface area contributed by atoms with Crippen LogP contribution in [0.3, 0.4) is 0 Å². The van der Waals surface area contributed by atoms with Crippen molar-refractivity contribution in [2.75, 3.05) is 26.3 Å². The highest BCUT2D eigenvalue weighted by molar-refractivity contribution is 8.04. The summed E-state index contributed by atoms with van der Waals surface area (Å²) < 4.78 is 12.1. The lowest BCUT2D eigenvalue weighted by molar-refractivity contribution is 0.0578. The molecule has 0 radical (unpaired) electrons. The second-order valence-corrected chi connectivity index (χ2v) is 9.56. The zero-order valence-corrected chi connectivity index (χ0v) is 19.1. The zero-order chi connectivity index (χ0) is 22.1. The number of hydrogen-bond acceptors (Lipinski definition) is 6. The maximum absolute atomic E-state index is 13.4. The fourth-order valence-corrected chi connectivity index (χ4v) is 5.68. The Hall–Kier alpha value is -2.83. The molecule has 1 saturated heterocycles. The summed E-state index contributed by atoms with van der Waals surface area (Å²) in [6.07, 6.45) is 0. The Kier molecular flexibility index (Phi) is 5.89. The summed E-state index contributed by atoms with van der Waals surface area (Å²) in [5, 5.41) is 1.54. The Morgan fingerprint density at radius 1 is 0.938 bits per heavy atom. The lowest BCUT2D eigenvalue weighted by atomic mass is 9.97. The first kappa shape index (κ1) is 21.0. The van der Waals surface area contributed by atoms with Crippen LogP contribution in [0.1, 0.15) is 19.7 Å². The smallest absolute Gasteiger partial charge is 0.284 e. The van der Waals surface area contributed by atoms with E-state index in [0.29, 0.717) is 35.7 Å². The van der Waals surface area contributed by atoms with Gasteiger partial charge in [0.05, 0.1) is 23.8 Å². The molecule has 6 heteroatoms. The molecule has 1 aromatic heterocycles. The predicted molar refractivity (Wildman–Crippen MR) is 129 cm³/mol. The molecule has 0 amide bonds. The summed E-state index contributed by atoms with van der Waals surface area (Å²) >= 11 is 1.84. The monoisotopic (exact) mass is 446 g/mol. The fraction of sp³-hybridized carbons (Fsp3) is 0.308. The third-order valence-electron chi connectivity index (χ3n) is 6.16. The third-order valence-corrected chi connectivity index (χ3v) is 7.64. The molecule has 0 saturated carbocycles. The number of hydrogen-bond donors (Lipinski definition) is 0. The van der Waals surface area contributed by atoms with Crippen molar-refractivity contribution >= 4 is 17.3 Å². The summed E-state index contributed by atoms with van der Waals surface area (Å²) in [5.74, 6) is 1.22. The van der Waals surface area contributed by atoms with Crippen molar-refractivity contribution in [3.8, 4) is 22.5 Å². The van der Waals surface area contributed by atoms with Gasteiger partial charge in [0.15, 0.2) is 0 Å². The van der Waals surface area contributed by atoms with Crippen LogP contribution in [0.2, 0.25) is 0 Å². The Balaban J connectivity index is 1.71. The van der Waals surface area contributed by atoms with E-state index < -0.39 is 0 Å². The number of thioether (sulfide) groups is 1. The first-order valence-electron chi connectivity index (χ1n) is 11.0. The molecule has 0 aliphatic carbocycles. The van der Waals surface area contributed by atoms with Crippen LogP contribution in [-0.4, -0.2) is 41.4 Å². The number of nitrogens with zero attached hydrogens (tertiary/aromatic N) is 2. The summed E-state index contributed by atoms with van der Waals surface area (Å²) in [5.41, 5.74) is 2.94. The molecule has 0 bridgehead atoms. The van der Waals surface area contributed by atoms with Crippen LogP contribution in [0.15, 0.2) is 74.9 Å². The van der Waals surface area contributed by atoms with Gasteiger partial charge in [-0.25, -0.2) is 0 Å². The second-order valence-electron chi connectivity index (χ2n) is 8.19. The second kappa shape index (κ2) is 8.96. The van der Waals surface area contributed by atoms with E-state index in [4.69, 9.17) is 9.15 Å². The minimum Gasteiger partial charge on any atom is -0.437 e. The van der Waals surface area contributed by atoms with E-state index >= 15 is 0 Å². The number of ether oxygens (including phenoxy) is 1. The minimum atomic E-state index is -0.262. The largest absolute Gasteiger partial charge is 0.437 e. The Morgan fingerprint density at radius 2 is 1.56 bits per heavy atom. The number of aromatic nitrogens is 1. The Labute approximate surface area is 192 Å². The molecule has 5 rings (SSSR count). The third kappa shape index (κ3) is 3.89. The molecule has 2 aliphatic heterocycles. The van der Waals surface area contributed by atoms with Crippen molar-refractivity contribution in [2.24, 2.45) is 5.92 Å². The van der Waals surface area contributed by atoms with E-state index in [1.165, 1.54) is 0 Å². The van der Waals surface area contributed by atoms with Crippen molar-refractivity contribution in [1.29, 1.82) is 0 Å². The van der Waals surface area contributed by atoms with E-state index in [1.807, 2.05) is 72.4 Å². The van der Waals surface area contributed by atoms with Gasteiger partial charge < -0.3 is 14.1 Å². The highest BCUT2D eigenvalue weighted by Crippen LogP contribution is 2.48. The van der Waals surface area contributed by atoms with Gasteiger partial charge in [-0.05, 0) is 5.56 Å². The first-order chi connectivity index (χ1) is 15.6. The summed E-state index contributed by atoms with van der Waals surface area (Å²) in [4.78, 5) is 20.3. The van der Waals surface area contributed by atoms with Gasteiger partial charge in [0.25, 0.3) is 5.56 Å². The molecular formula is C26H26N2O3S. The van der Waals surface area contributed by atoms with Crippen LogP contribution in [0.25, 0.3) is 28.0 Å². The quantitative estimate of drug-likeness (QED) is 0.553. The van der Waals surface area contributed by atoms with Crippen molar-refractivity contribution in [2.45, 2.75) is 19.1 Å². The zero-order valence-electron chi connectivity index (χ0n) is 18.3. The Bertz CT molecular complexity index is 1180. The molecule has 2 atom stereocenters. The molecule has 0 spiro atoms. The highest BCUT2D eigenvalue weighted by atomic mass is 32.2. The summed E-state index contributed by atoms with van der Waals surface area (Å²) in [7, 11) is 0. The van der Waals surface area contributed by atoms with Crippen molar-refractivity contribution < 1.29 is 9.15 Å². The van der Waals surface area contributed by atoms with Gasteiger partial charge in [0.2, 0.25) is 5.89 Å². The average Bonchev–Trinajstić information content (AvgIpc) is 3.14. The van der Waals surface area contributed by atoms with Gasteiger partial charge >= 0.3 is 0 Å². The van der Waals surface area contributed by atoms with Crippen molar-refractivity contribution in [3.05, 3.63) is 81.9 Å². The van der Waals surface area contributed by atoms with Crippen LogP contribution in [0, 0.1) is 5.92 Å². The molecule has 2 unspecified atom stereocenters. The maximum atomic E-state index is 13.4. The molecular weight excluding hydrogens is 420 g/mol. The predicted octanol–water partition coefficient (Wildman–Crippen LogP) is 5.14. The van der Waals surface area contributed by atoms with Crippen molar-refractivity contribution in [1.82, 2.24) is 9.88 Å². The molecule has 164 valence electrons. The summed E-state index contributed by atoms with van der Waals surface area (Å²) in [6.45, 7) is 7.50. The molecule has 1 fully saturated rings. The van der Waals surface area contributed by atoms with E-state index in [-0.39, 0.29) is 11.5 Å². The lowest BCUT2D eigenvalue weighted by Crippen LogP contribution is -2.35. The standard InChI is InChI=1S/C26H26N2O3S/c1-17-18(2)32-26(28-13-15-30-16-14-28)21(17)25-27-24(29)22(19-9-5-3-6-10-19)23(31-25)20-11-7-4-8-12-20/h3-12,17-18H,13-16H2,1-2H3. The highest BCUT2D eigenvalue weighted by Gasteiger charge is 2.36. The topological polar surface area (TPSA) is 55.6 Å². The maximum Gasteiger partial charge on any atom is 0.284 e. The van der Waals surface area contributed by atoms with E-state index in [1.54, 1.807) is 0 Å². The molecule has 3 aromatic rings. The lowest BCUT2D eigenvalue weighted by Gasteiger charge is -2.30. The fourth-order valence-electron chi connectivity index (χ4n) is 4.25. The molecule has 2 aliphatic rings. The van der Waals surface area contributed by atoms with Crippen molar-refractivity contribution in [3.63, 3.8) is 0 Å². The van der Waals surface area contributed by atoms with Crippen LogP contribution in [0.5, 0.6) is 0 Å². The molecule has 5 nitrogen and oxygen atoms in total. The molecule has 2 aromatic carbocycles. The van der Waals surface area contributed by atoms with Gasteiger partial charge in [0, 0.05) is 35.4 Å². The normalized spacial score (nSPS) is 21.2. The van der Waals surface area contributed by atoms with Gasteiger partial charge in [0.1, 0.15) is 5.76 Å². The number of morpholine rings is 1. The molecule has 32 heavy (non-hydrogen) atoms. The number of benzene rings is 2. The average molecular weight is 447 g/mol. The van der Waals surface area contributed by atoms with Gasteiger partial charge in [-0.3, -0.25) is 4.79 Å². The van der Waals surface area contributed by atoms with Crippen LogP contribution < -0.4 is 5.56 Å². The SMILES string of the molecule is CC1SC(N2CCOCC2)=C(c2nc(=O)c(-c3ccccc3)c(-c3ccccc3)o2)C1C. The molecule has 0 N–H and O–H groups in total. The van der Waals surface area contributed by atoms with E-state index in [2.05, 4.69) is 23.7 Å². The minimum absolute atomic E-state index is 0.222. The van der Waals surface area contributed by atoms with Gasteiger partial charge in [-0.2, -0.15) is 4.98 Å². The van der Waals surface area contributed by atoms with Crippen LogP contribution >= 0.6 is 11.8 Å². The van der Waals surface area contributed by atoms with Gasteiger partial charge in [-0.15, -0.1) is 11.8 Å². The van der Waals surface area contributed by atoms with Gasteiger partial charge in [-0.1, -0.05) is 74.5 Å². The van der Waals surface area contributed by atoms with Crippen LogP contribution in [-0.2, 0) is 4.74 Å². The first-order valence-corrected chi connectivity index (χ1v) is 11.9. The number of rotatable bonds is 4. The Morgan fingerprint density at radius 3 is 2.22 bits per heavy atom. The summed E-state index contributed by atoms with van der Waals surface area (Å²) in [6, 6.07) is 19.5. The number of allylic oxidation sites excluding steroid dienone is 1. The van der Waals surface area contributed by atoms with E-state index in [0.717, 1.165) is 34.8 Å². The van der Waals surface area contributed by atoms with Crippen LogP contribution in [0.4, 0.5) is 0 Å². The van der Waals surface area contributed by atoms with E-state index in [9.17, 15) is 4.79 Å².